The Morgan fingerprint density at radius 2 is 2.06 bits per heavy atom. The molecule has 3 N–H and O–H groups in total. The Hall–Kier alpha value is -0.570. The molecule has 0 aromatic carbocycles. The van der Waals surface area contributed by atoms with Crippen molar-refractivity contribution in [1.82, 2.24) is 10.2 Å². The molecule has 106 valence electrons. The number of carbonyl (C=O) groups is 1. The third kappa shape index (κ3) is 6.39. The molecular weight excluding hydrogens is 347 g/mol. The minimum absolute atomic E-state index is 0. The Balaban J connectivity index is 0.00000289. The van der Waals surface area contributed by atoms with Gasteiger partial charge in [0, 0.05) is 25.6 Å². The van der Waals surface area contributed by atoms with Crippen molar-refractivity contribution in [2.24, 2.45) is 16.6 Å². The van der Waals surface area contributed by atoms with Crippen LogP contribution in [0, 0.1) is 5.92 Å². The number of carbonyl (C=O) groups excluding carboxylic acids is 1. The van der Waals surface area contributed by atoms with Gasteiger partial charge in [-0.2, -0.15) is 0 Å². The van der Waals surface area contributed by atoms with Gasteiger partial charge in [-0.3, -0.25) is 9.79 Å². The summed E-state index contributed by atoms with van der Waals surface area (Å²) < 4.78 is 5.22. The molecule has 0 radical (unpaired) electrons. The number of ether oxygens (including phenoxy) is 1. The summed E-state index contributed by atoms with van der Waals surface area (Å²) in [6, 6.07) is 0. The lowest BCUT2D eigenvalue weighted by molar-refractivity contribution is -0.123. The van der Waals surface area contributed by atoms with Crippen LogP contribution in [-0.4, -0.2) is 56.2 Å². The lowest BCUT2D eigenvalue weighted by Crippen LogP contribution is -2.45. The Labute approximate surface area is 125 Å². The van der Waals surface area contributed by atoms with Gasteiger partial charge in [0.25, 0.3) is 0 Å². The molecule has 1 aliphatic heterocycles. The molecule has 0 aromatic heterocycles. The van der Waals surface area contributed by atoms with E-state index in [1.807, 2.05) is 18.7 Å². The van der Waals surface area contributed by atoms with Crippen LogP contribution in [0.1, 0.15) is 13.8 Å². The van der Waals surface area contributed by atoms with Crippen molar-refractivity contribution in [3.8, 4) is 0 Å². The Bertz CT molecular complexity index is 278. The number of morpholine rings is 1. The second-order valence-corrected chi connectivity index (χ2v) is 4.29. The van der Waals surface area contributed by atoms with Gasteiger partial charge in [0.15, 0.2) is 5.96 Å². The predicted molar refractivity (Wildman–Crippen MR) is 82.1 cm³/mol. The smallest absolute Gasteiger partial charge is 0.222 e. The molecule has 1 aliphatic rings. The van der Waals surface area contributed by atoms with Crippen LogP contribution in [0.25, 0.3) is 0 Å². The Morgan fingerprint density at radius 3 is 2.61 bits per heavy atom. The van der Waals surface area contributed by atoms with Crippen molar-refractivity contribution in [2.75, 3.05) is 39.4 Å². The van der Waals surface area contributed by atoms with Gasteiger partial charge in [-0.15, -0.1) is 24.0 Å². The van der Waals surface area contributed by atoms with Crippen LogP contribution >= 0.6 is 24.0 Å². The lowest BCUT2D eigenvalue weighted by Gasteiger charge is -2.27. The minimum Gasteiger partial charge on any atom is -0.378 e. The molecule has 0 aromatic rings. The van der Waals surface area contributed by atoms with Gasteiger partial charge in [0.2, 0.25) is 5.91 Å². The van der Waals surface area contributed by atoms with Gasteiger partial charge in [0.1, 0.15) is 0 Å². The van der Waals surface area contributed by atoms with E-state index in [1.54, 1.807) is 0 Å². The zero-order chi connectivity index (χ0) is 12.7. The fourth-order valence-corrected chi connectivity index (χ4v) is 1.45. The standard InChI is InChI=1S/C11H22N4O2.HI/c1-9(2)10(16)13-3-4-14-11(12)15-5-7-17-8-6-15;/h9H,3-8H2,1-2H3,(H2,12,14)(H,13,16);1H. The number of nitrogens with one attached hydrogen (secondary N) is 1. The minimum atomic E-state index is 0. The van der Waals surface area contributed by atoms with Crippen molar-refractivity contribution in [2.45, 2.75) is 13.8 Å². The first kappa shape index (κ1) is 17.4. The maximum absolute atomic E-state index is 11.3. The first-order chi connectivity index (χ1) is 8.11. The number of nitrogens with two attached hydrogens (primary N) is 1. The van der Waals surface area contributed by atoms with E-state index in [-0.39, 0.29) is 35.8 Å². The number of aliphatic imine (C=N–C) groups is 1. The molecule has 7 heteroatoms. The third-order valence-electron chi connectivity index (χ3n) is 2.54. The molecule has 1 amide bonds. The van der Waals surface area contributed by atoms with Gasteiger partial charge < -0.3 is 20.7 Å². The maximum Gasteiger partial charge on any atom is 0.222 e. The highest BCUT2D eigenvalue weighted by molar-refractivity contribution is 14.0. The highest BCUT2D eigenvalue weighted by Gasteiger charge is 2.11. The predicted octanol–water partition coefficient (Wildman–Crippen LogP) is 0.0235. The van der Waals surface area contributed by atoms with E-state index in [2.05, 4.69) is 10.3 Å². The van der Waals surface area contributed by atoms with Crippen LogP contribution in [0.15, 0.2) is 4.99 Å². The van der Waals surface area contributed by atoms with E-state index in [9.17, 15) is 4.79 Å². The molecule has 0 aliphatic carbocycles. The van der Waals surface area contributed by atoms with E-state index in [4.69, 9.17) is 10.5 Å². The molecule has 1 saturated heterocycles. The number of rotatable bonds is 4. The second kappa shape index (κ2) is 9.37. The number of nitrogens with zero attached hydrogens (tertiary/aromatic N) is 2. The Kier molecular flexibility index (Phi) is 9.08. The average molecular weight is 370 g/mol. The van der Waals surface area contributed by atoms with Gasteiger partial charge in [-0.25, -0.2) is 0 Å². The van der Waals surface area contributed by atoms with Crippen LogP contribution in [0.5, 0.6) is 0 Å². The number of amides is 1. The summed E-state index contributed by atoms with van der Waals surface area (Å²) >= 11 is 0. The summed E-state index contributed by atoms with van der Waals surface area (Å²) in [5.74, 6) is 0.591. The molecule has 0 unspecified atom stereocenters. The lowest BCUT2D eigenvalue weighted by atomic mass is 10.2. The molecule has 1 rings (SSSR count). The monoisotopic (exact) mass is 370 g/mol. The van der Waals surface area contributed by atoms with Crippen molar-refractivity contribution in [1.29, 1.82) is 0 Å². The number of hydrogen-bond donors (Lipinski definition) is 2. The second-order valence-electron chi connectivity index (χ2n) is 4.29. The van der Waals surface area contributed by atoms with Crippen LogP contribution in [0.2, 0.25) is 0 Å². The molecule has 6 nitrogen and oxygen atoms in total. The van der Waals surface area contributed by atoms with E-state index >= 15 is 0 Å². The van der Waals surface area contributed by atoms with Crippen molar-refractivity contribution < 1.29 is 9.53 Å². The molecule has 0 saturated carbocycles. The largest absolute Gasteiger partial charge is 0.378 e. The summed E-state index contributed by atoms with van der Waals surface area (Å²) in [6.07, 6.45) is 0. The van der Waals surface area contributed by atoms with Gasteiger partial charge in [0.05, 0.1) is 19.8 Å². The average Bonchev–Trinajstić information content (AvgIpc) is 2.35. The highest BCUT2D eigenvalue weighted by atomic mass is 127. The summed E-state index contributed by atoms with van der Waals surface area (Å²) in [4.78, 5) is 17.5. The van der Waals surface area contributed by atoms with E-state index in [0.29, 0.717) is 32.3 Å². The number of hydrogen-bond acceptors (Lipinski definition) is 3. The first-order valence-electron chi connectivity index (χ1n) is 6.01. The van der Waals surface area contributed by atoms with Crippen molar-refractivity contribution in [3.05, 3.63) is 0 Å². The van der Waals surface area contributed by atoms with Gasteiger partial charge in [-0.05, 0) is 0 Å². The SMILES string of the molecule is CC(C)C(=O)NCCN=C(N)N1CCOCC1.I. The molecule has 0 spiro atoms. The molecular formula is C11H23IN4O2. The topological polar surface area (TPSA) is 80.0 Å². The van der Waals surface area contributed by atoms with Gasteiger partial charge >= 0.3 is 0 Å². The molecule has 1 fully saturated rings. The Morgan fingerprint density at radius 1 is 1.44 bits per heavy atom. The normalized spacial score (nSPS) is 16.4. The first-order valence-corrected chi connectivity index (χ1v) is 6.01. The molecule has 1 heterocycles. The van der Waals surface area contributed by atoms with Crippen LogP contribution < -0.4 is 11.1 Å². The summed E-state index contributed by atoms with van der Waals surface area (Å²) in [6.45, 7) is 7.73. The maximum atomic E-state index is 11.3. The highest BCUT2D eigenvalue weighted by Crippen LogP contribution is 1.95. The van der Waals surface area contributed by atoms with Crippen LogP contribution in [0.3, 0.4) is 0 Å². The summed E-state index contributed by atoms with van der Waals surface area (Å²) in [5.41, 5.74) is 5.83. The quantitative estimate of drug-likeness (QED) is 0.317. The van der Waals surface area contributed by atoms with E-state index in [0.717, 1.165) is 13.1 Å². The zero-order valence-corrected chi connectivity index (χ0v) is 13.3. The molecule has 0 atom stereocenters. The van der Waals surface area contributed by atoms with Crippen LogP contribution in [0.4, 0.5) is 0 Å². The number of halogens is 1. The fourth-order valence-electron chi connectivity index (χ4n) is 1.45. The van der Waals surface area contributed by atoms with E-state index < -0.39 is 0 Å². The molecule has 0 bridgehead atoms. The van der Waals surface area contributed by atoms with Crippen molar-refractivity contribution >= 4 is 35.8 Å². The van der Waals surface area contributed by atoms with Gasteiger partial charge in [-0.1, -0.05) is 13.8 Å². The number of guanidine groups is 1. The van der Waals surface area contributed by atoms with Crippen LogP contribution in [-0.2, 0) is 9.53 Å². The fraction of sp³-hybridized carbons (Fsp3) is 0.818. The zero-order valence-electron chi connectivity index (χ0n) is 11.0. The molecule has 18 heavy (non-hydrogen) atoms. The van der Waals surface area contributed by atoms with Crippen molar-refractivity contribution in [3.63, 3.8) is 0 Å². The summed E-state index contributed by atoms with van der Waals surface area (Å²) in [5, 5.41) is 2.80. The van der Waals surface area contributed by atoms with E-state index in [1.165, 1.54) is 0 Å². The summed E-state index contributed by atoms with van der Waals surface area (Å²) in [7, 11) is 0. The third-order valence-corrected chi connectivity index (χ3v) is 2.54.